The van der Waals surface area contributed by atoms with E-state index in [0.29, 0.717) is 6.04 Å². The molecule has 1 aromatic rings. The molecule has 5 unspecified atom stereocenters. The molecule has 1 aromatic carbocycles. The molecule has 0 aromatic heterocycles. The molecule has 114 valence electrons. The lowest BCUT2D eigenvalue weighted by Gasteiger charge is -2.32. The summed E-state index contributed by atoms with van der Waals surface area (Å²) >= 11 is 0. The summed E-state index contributed by atoms with van der Waals surface area (Å²) in [6, 6.07) is 7.46. The van der Waals surface area contributed by atoms with Crippen LogP contribution in [0.1, 0.15) is 49.7 Å². The molecule has 0 radical (unpaired) electrons. The van der Waals surface area contributed by atoms with Crippen LogP contribution in [0.5, 0.6) is 0 Å². The second kappa shape index (κ2) is 5.35. The van der Waals surface area contributed by atoms with Gasteiger partial charge in [-0.15, -0.1) is 0 Å². The number of hydrogen-bond donors (Lipinski definition) is 1. The highest BCUT2D eigenvalue weighted by Gasteiger charge is 2.53. The van der Waals surface area contributed by atoms with Gasteiger partial charge in [-0.05, 0) is 61.0 Å². The number of fused-ring (bicyclic) bond motifs is 5. The third kappa shape index (κ3) is 2.40. The van der Waals surface area contributed by atoms with E-state index in [4.69, 9.17) is 0 Å². The van der Waals surface area contributed by atoms with Crippen LogP contribution >= 0.6 is 0 Å². The molecule has 0 saturated heterocycles. The highest BCUT2D eigenvalue weighted by atomic mass is 19.3. The molecule has 0 heterocycles. The van der Waals surface area contributed by atoms with Crippen molar-refractivity contribution >= 4 is 0 Å². The van der Waals surface area contributed by atoms with Crippen LogP contribution in [0.3, 0.4) is 0 Å². The summed E-state index contributed by atoms with van der Waals surface area (Å²) in [5, 5.41) is 3.66. The first-order chi connectivity index (χ1) is 10.2. The van der Waals surface area contributed by atoms with Gasteiger partial charge in [0.1, 0.15) is 0 Å². The van der Waals surface area contributed by atoms with E-state index in [2.05, 4.69) is 5.32 Å². The van der Waals surface area contributed by atoms with E-state index >= 15 is 0 Å². The van der Waals surface area contributed by atoms with Gasteiger partial charge in [0.15, 0.2) is 0 Å². The van der Waals surface area contributed by atoms with Crippen molar-refractivity contribution in [3.8, 4) is 0 Å². The lowest BCUT2D eigenvalue weighted by Crippen LogP contribution is -2.38. The number of nitrogens with one attached hydrogen (secondary N) is 1. The maximum absolute atomic E-state index is 12.7. The lowest BCUT2D eigenvalue weighted by atomic mass is 9.79. The van der Waals surface area contributed by atoms with Crippen LogP contribution in [-0.4, -0.2) is 6.04 Å². The molecule has 4 rings (SSSR count). The van der Waals surface area contributed by atoms with Gasteiger partial charge in [0.05, 0.1) is 0 Å². The van der Waals surface area contributed by atoms with Crippen molar-refractivity contribution in [2.24, 2.45) is 23.7 Å². The maximum Gasteiger partial charge on any atom is 0.263 e. The van der Waals surface area contributed by atoms with E-state index in [1.54, 1.807) is 12.1 Å². The Labute approximate surface area is 125 Å². The van der Waals surface area contributed by atoms with Gasteiger partial charge in [-0.25, -0.2) is 8.78 Å². The Morgan fingerprint density at radius 3 is 2.81 bits per heavy atom. The Balaban J connectivity index is 1.39. The van der Waals surface area contributed by atoms with Crippen LogP contribution in [0.2, 0.25) is 0 Å². The Morgan fingerprint density at radius 1 is 1.10 bits per heavy atom. The smallest absolute Gasteiger partial charge is 0.263 e. The average molecular weight is 291 g/mol. The molecule has 0 aliphatic heterocycles. The highest BCUT2D eigenvalue weighted by Crippen LogP contribution is 2.58. The molecule has 21 heavy (non-hydrogen) atoms. The Kier molecular flexibility index (Phi) is 3.49. The molecule has 3 heteroatoms. The third-order valence-corrected chi connectivity index (χ3v) is 6.20. The summed E-state index contributed by atoms with van der Waals surface area (Å²) in [6.07, 6.45) is 4.64. The minimum atomic E-state index is -2.37. The summed E-state index contributed by atoms with van der Waals surface area (Å²) in [6.45, 7) is 0.728. The van der Waals surface area contributed by atoms with E-state index < -0.39 is 6.43 Å². The molecule has 3 aliphatic rings. The zero-order valence-electron chi connectivity index (χ0n) is 12.3. The minimum Gasteiger partial charge on any atom is -0.310 e. The van der Waals surface area contributed by atoms with E-state index in [-0.39, 0.29) is 5.56 Å². The predicted molar refractivity (Wildman–Crippen MR) is 79.1 cm³/mol. The first kappa shape index (κ1) is 13.7. The van der Waals surface area contributed by atoms with Gasteiger partial charge < -0.3 is 5.32 Å². The number of hydrogen-bond acceptors (Lipinski definition) is 1. The molecule has 0 amide bonds. The standard InChI is InChI=1S/C18H23F2N/c19-18(20)12-4-1-3-11(7-12)10-21-17-9-13-8-16(17)15-6-2-5-14(13)15/h1,3-4,7,13-18,21H,2,5-6,8-10H2. The second-order valence-corrected chi connectivity index (χ2v) is 7.19. The van der Waals surface area contributed by atoms with Gasteiger partial charge >= 0.3 is 0 Å². The fourth-order valence-electron chi connectivity index (χ4n) is 5.39. The normalized spacial score (nSPS) is 37.4. The van der Waals surface area contributed by atoms with Crippen LogP contribution in [-0.2, 0) is 6.54 Å². The monoisotopic (exact) mass is 291 g/mol. The van der Waals surface area contributed by atoms with Crippen LogP contribution in [0.25, 0.3) is 0 Å². The molecular weight excluding hydrogens is 268 g/mol. The quantitative estimate of drug-likeness (QED) is 0.859. The van der Waals surface area contributed by atoms with Gasteiger partial charge in [0.25, 0.3) is 6.43 Å². The number of benzene rings is 1. The zero-order chi connectivity index (χ0) is 14.4. The van der Waals surface area contributed by atoms with Crippen molar-refractivity contribution in [2.45, 2.75) is 51.1 Å². The van der Waals surface area contributed by atoms with E-state index in [1.807, 2.05) is 6.07 Å². The molecule has 2 bridgehead atoms. The average Bonchev–Trinajstić information content (AvgIpc) is 3.17. The van der Waals surface area contributed by atoms with Gasteiger partial charge in [0.2, 0.25) is 0 Å². The van der Waals surface area contributed by atoms with Gasteiger partial charge in [-0.3, -0.25) is 0 Å². The molecule has 0 spiro atoms. The predicted octanol–water partition coefficient (Wildman–Crippen LogP) is 4.54. The largest absolute Gasteiger partial charge is 0.310 e. The van der Waals surface area contributed by atoms with E-state index in [0.717, 1.165) is 35.8 Å². The number of halogens is 2. The Bertz CT molecular complexity index is 516. The topological polar surface area (TPSA) is 12.0 Å². The Morgan fingerprint density at radius 2 is 1.95 bits per heavy atom. The third-order valence-electron chi connectivity index (χ3n) is 6.20. The Hall–Kier alpha value is -0.960. The fourth-order valence-corrected chi connectivity index (χ4v) is 5.39. The first-order valence-electron chi connectivity index (χ1n) is 8.33. The number of rotatable bonds is 4. The van der Waals surface area contributed by atoms with Crippen molar-refractivity contribution in [1.82, 2.24) is 5.32 Å². The summed E-state index contributed by atoms with van der Waals surface area (Å²) < 4.78 is 25.5. The molecular formula is C18H23F2N. The molecule has 1 nitrogen and oxygen atoms in total. The van der Waals surface area contributed by atoms with E-state index in [9.17, 15) is 8.78 Å². The lowest BCUT2D eigenvalue weighted by molar-refractivity contribution is 0.151. The molecule has 1 N–H and O–H groups in total. The molecule has 3 fully saturated rings. The van der Waals surface area contributed by atoms with Crippen LogP contribution < -0.4 is 5.32 Å². The van der Waals surface area contributed by atoms with Gasteiger partial charge in [-0.1, -0.05) is 24.6 Å². The van der Waals surface area contributed by atoms with Gasteiger partial charge in [0, 0.05) is 18.2 Å². The molecule has 3 aliphatic carbocycles. The summed E-state index contributed by atoms with van der Waals surface area (Å²) in [5.74, 6) is 3.75. The second-order valence-electron chi connectivity index (χ2n) is 7.19. The van der Waals surface area contributed by atoms with Crippen molar-refractivity contribution in [3.63, 3.8) is 0 Å². The minimum absolute atomic E-state index is 0.137. The summed E-state index contributed by atoms with van der Waals surface area (Å²) in [4.78, 5) is 0. The fraction of sp³-hybridized carbons (Fsp3) is 0.667. The first-order valence-corrected chi connectivity index (χ1v) is 8.33. The maximum atomic E-state index is 12.7. The van der Waals surface area contributed by atoms with Crippen molar-refractivity contribution < 1.29 is 8.78 Å². The number of alkyl halides is 2. The molecule has 3 saturated carbocycles. The van der Waals surface area contributed by atoms with E-state index in [1.165, 1.54) is 38.2 Å². The summed E-state index contributed by atoms with van der Waals surface area (Å²) in [5.41, 5.74) is 1.12. The van der Waals surface area contributed by atoms with Crippen molar-refractivity contribution in [3.05, 3.63) is 35.4 Å². The summed E-state index contributed by atoms with van der Waals surface area (Å²) in [7, 11) is 0. The van der Waals surface area contributed by atoms with Crippen LogP contribution in [0.15, 0.2) is 24.3 Å². The van der Waals surface area contributed by atoms with Crippen molar-refractivity contribution in [2.75, 3.05) is 0 Å². The highest BCUT2D eigenvalue weighted by molar-refractivity contribution is 5.24. The SMILES string of the molecule is FC(F)c1cccc(CNC2CC3CC2C2CCCC32)c1. The zero-order valence-corrected chi connectivity index (χ0v) is 12.3. The molecule has 5 atom stereocenters. The van der Waals surface area contributed by atoms with Gasteiger partial charge in [-0.2, -0.15) is 0 Å². The van der Waals surface area contributed by atoms with Crippen LogP contribution in [0.4, 0.5) is 8.78 Å². The van der Waals surface area contributed by atoms with Crippen molar-refractivity contribution in [1.29, 1.82) is 0 Å². The van der Waals surface area contributed by atoms with Crippen LogP contribution in [0, 0.1) is 23.7 Å².